The predicted octanol–water partition coefficient (Wildman–Crippen LogP) is 2.40. The normalized spacial score (nSPS) is 11.7. The third-order valence-electron chi connectivity index (χ3n) is 2.57. The smallest absolute Gasteiger partial charge is 0.344 e. The Morgan fingerprint density at radius 3 is 2.63 bits per heavy atom. The van der Waals surface area contributed by atoms with Crippen LogP contribution in [0.3, 0.4) is 0 Å². The Morgan fingerprint density at radius 2 is 1.95 bits per heavy atom. The summed E-state index contributed by atoms with van der Waals surface area (Å²) < 4.78 is 10.4. The van der Waals surface area contributed by atoms with Crippen LogP contribution < -0.4 is 4.74 Å². The van der Waals surface area contributed by atoms with E-state index in [9.17, 15) is 4.79 Å². The van der Waals surface area contributed by atoms with Crippen LogP contribution in [0.5, 0.6) is 5.88 Å². The van der Waals surface area contributed by atoms with E-state index >= 15 is 0 Å². The van der Waals surface area contributed by atoms with Crippen LogP contribution in [0, 0.1) is 0 Å². The van der Waals surface area contributed by atoms with E-state index < -0.39 is 12.1 Å². The SMILES string of the molecule is COc1ncccc1C(=O)OC(C)c1ccccn1. The molecule has 0 saturated carbocycles. The van der Waals surface area contributed by atoms with Crippen molar-refractivity contribution in [2.45, 2.75) is 13.0 Å². The molecule has 0 saturated heterocycles. The van der Waals surface area contributed by atoms with Crippen LogP contribution in [0.2, 0.25) is 0 Å². The van der Waals surface area contributed by atoms with Gasteiger partial charge in [-0.2, -0.15) is 0 Å². The molecule has 0 N–H and O–H groups in total. The summed E-state index contributed by atoms with van der Waals surface area (Å²) in [6.07, 6.45) is 2.78. The molecular formula is C14H14N2O3. The van der Waals surface area contributed by atoms with Crippen molar-refractivity contribution in [1.82, 2.24) is 9.97 Å². The molecule has 1 unspecified atom stereocenters. The summed E-state index contributed by atoms with van der Waals surface area (Å²) in [4.78, 5) is 20.1. The number of ether oxygens (including phenoxy) is 2. The summed E-state index contributed by atoms with van der Waals surface area (Å²) >= 11 is 0. The first-order chi connectivity index (χ1) is 9.22. The number of rotatable bonds is 4. The van der Waals surface area contributed by atoms with Crippen molar-refractivity contribution in [2.24, 2.45) is 0 Å². The Balaban J connectivity index is 2.13. The second kappa shape index (κ2) is 5.95. The number of nitrogens with zero attached hydrogens (tertiary/aromatic N) is 2. The van der Waals surface area contributed by atoms with Gasteiger partial charge in [0.1, 0.15) is 11.7 Å². The maximum atomic E-state index is 12.0. The lowest BCUT2D eigenvalue weighted by Crippen LogP contribution is -2.11. The number of pyridine rings is 2. The fourth-order valence-corrected chi connectivity index (χ4v) is 1.61. The van der Waals surface area contributed by atoms with Crippen LogP contribution >= 0.6 is 0 Å². The minimum absolute atomic E-state index is 0.251. The van der Waals surface area contributed by atoms with Crippen molar-refractivity contribution >= 4 is 5.97 Å². The summed E-state index contributed by atoms with van der Waals surface area (Å²) in [5.41, 5.74) is 0.992. The van der Waals surface area contributed by atoms with Crippen LogP contribution in [0.25, 0.3) is 0 Å². The lowest BCUT2D eigenvalue weighted by atomic mass is 10.2. The van der Waals surface area contributed by atoms with Crippen molar-refractivity contribution in [3.8, 4) is 5.88 Å². The minimum atomic E-state index is -0.483. The zero-order chi connectivity index (χ0) is 13.7. The Bertz CT molecular complexity index is 558. The Hall–Kier alpha value is -2.43. The highest BCUT2D eigenvalue weighted by atomic mass is 16.5. The molecule has 1 atom stereocenters. The molecule has 0 aromatic carbocycles. The number of aromatic nitrogens is 2. The predicted molar refractivity (Wildman–Crippen MR) is 68.9 cm³/mol. The van der Waals surface area contributed by atoms with Crippen molar-refractivity contribution < 1.29 is 14.3 Å². The van der Waals surface area contributed by atoms with E-state index in [1.165, 1.54) is 7.11 Å². The van der Waals surface area contributed by atoms with E-state index in [-0.39, 0.29) is 5.88 Å². The highest BCUT2D eigenvalue weighted by Crippen LogP contribution is 2.20. The molecular weight excluding hydrogens is 244 g/mol. The second-order valence-corrected chi connectivity index (χ2v) is 3.86. The van der Waals surface area contributed by atoms with E-state index in [1.54, 1.807) is 37.5 Å². The number of hydrogen-bond acceptors (Lipinski definition) is 5. The Labute approximate surface area is 111 Å². The van der Waals surface area contributed by atoms with Crippen LogP contribution in [0.4, 0.5) is 0 Å². The molecule has 5 nitrogen and oxygen atoms in total. The molecule has 5 heteroatoms. The quantitative estimate of drug-likeness (QED) is 0.788. The average molecular weight is 258 g/mol. The maximum absolute atomic E-state index is 12.0. The summed E-state index contributed by atoms with van der Waals surface area (Å²) in [5.74, 6) is -0.233. The van der Waals surface area contributed by atoms with Gasteiger partial charge in [0.05, 0.1) is 12.8 Å². The molecule has 98 valence electrons. The van der Waals surface area contributed by atoms with Gasteiger partial charge in [-0.05, 0) is 31.2 Å². The largest absolute Gasteiger partial charge is 0.480 e. The molecule has 2 aromatic rings. The molecule has 0 spiro atoms. The van der Waals surface area contributed by atoms with Crippen LogP contribution in [-0.4, -0.2) is 23.0 Å². The number of hydrogen-bond donors (Lipinski definition) is 0. The second-order valence-electron chi connectivity index (χ2n) is 3.86. The fourth-order valence-electron chi connectivity index (χ4n) is 1.61. The van der Waals surface area contributed by atoms with Gasteiger partial charge in [0, 0.05) is 12.4 Å². The van der Waals surface area contributed by atoms with E-state index in [2.05, 4.69) is 9.97 Å². The van der Waals surface area contributed by atoms with Crippen molar-refractivity contribution in [3.63, 3.8) is 0 Å². The van der Waals surface area contributed by atoms with Crippen molar-refractivity contribution in [3.05, 3.63) is 54.0 Å². The molecule has 0 bridgehead atoms. The third-order valence-corrected chi connectivity index (χ3v) is 2.57. The summed E-state index contributed by atoms with van der Waals surface area (Å²) in [5, 5.41) is 0. The molecule has 19 heavy (non-hydrogen) atoms. The topological polar surface area (TPSA) is 61.3 Å². The zero-order valence-corrected chi connectivity index (χ0v) is 10.7. The minimum Gasteiger partial charge on any atom is -0.480 e. The highest BCUT2D eigenvalue weighted by molar-refractivity contribution is 5.91. The number of carbonyl (C=O) groups excluding carboxylic acids is 1. The molecule has 0 radical (unpaired) electrons. The van der Waals surface area contributed by atoms with Crippen LogP contribution in [0.1, 0.15) is 29.1 Å². The molecule has 0 fully saturated rings. The summed E-state index contributed by atoms with van der Waals surface area (Å²) in [7, 11) is 1.46. The molecule has 0 aliphatic rings. The summed E-state index contributed by atoms with van der Waals surface area (Å²) in [6.45, 7) is 1.77. The van der Waals surface area contributed by atoms with Crippen molar-refractivity contribution in [2.75, 3.05) is 7.11 Å². The monoisotopic (exact) mass is 258 g/mol. The van der Waals surface area contributed by atoms with Gasteiger partial charge < -0.3 is 9.47 Å². The molecule has 0 amide bonds. The zero-order valence-electron chi connectivity index (χ0n) is 10.7. The van der Waals surface area contributed by atoms with Gasteiger partial charge in [-0.1, -0.05) is 6.07 Å². The first-order valence-electron chi connectivity index (χ1n) is 5.83. The lowest BCUT2D eigenvalue weighted by Gasteiger charge is -2.13. The van der Waals surface area contributed by atoms with Gasteiger partial charge in [-0.3, -0.25) is 4.98 Å². The third kappa shape index (κ3) is 3.07. The van der Waals surface area contributed by atoms with Crippen molar-refractivity contribution in [1.29, 1.82) is 0 Å². The van der Waals surface area contributed by atoms with E-state index in [1.807, 2.05) is 12.1 Å². The first kappa shape index (κ1) is 13.0. The van der Waals surface area contributed by atoms with Crippen LogP contribution in [0.15, 0.2) is 42.7 Å². The number of esters is 1. The Morgan fingerprint density at radius 1 is 1.16 bits per heavy atom. The summed E-state index contributed by atoms with van der Waals surface area (Å²) in [6, 6.07) is 8.72. The molecule has 0 aliphatic carbocycles. The van der Waals surface area contributed by atoms with Crippen LogP contribution in [-0.2, 0) is 4.74 Å². The molecule has 2 aromatic heterocycles. The standard InChI is InChI=1S/C14H14N2O3/c1-10(12-7-3-4-8-15-12)19-14(17)11-6-5-9-16-13(11)18-2/h3-10H,1-2H3. The molecule has 0 aliphatic heterocycles. The average Bonchev–Trinajstić information content (AvgIpc) is 2.48. The van der Waals surface area contributed by atoms with Gasteiger partial charge in [-0.25, -0.2) is 9.78 Å². The first-order valence-corrected chi connectivity index (χ1v) is 5.83. The van der Waals surface area contributed by atoms with Gasteiger partial charge in [0.2, 0.25) is 5.88 Å². The lowest BCUT2D eigenvalue weighted by molar-refractivity contribution is 0.0325. The van der Waals surface area contributed by atoms with Gasteiger partial charge >= 0.3 is 5.97 Å². The molecule has 2 rings (SSSR count). The maximum Gasteiger partial charge on any atom is 0.344 e. The number of methoxy groups -OCH3 is 1. The highest BCUT2D eigenvalue weighted by Gasteiger charge is 2.18. The van der Waals surface area contributed by atoms with E-state index in [0.717, 1.165) is 0 Å². The molecule has 2 heterocycles. The number of carbonyl (C=O) groups is 1. The van der Waals surface area contributed by atoms with E-state index in [0.29, 0.717) is 11.3 Å². The Kier molecular flexibility index (Phi) is 4.07. The van der Waals surface area contributed by atoms with E-state index in [4.69, 9.17) is 9.47 Å². The van der Waals surface area contributed by atoms with Gasteiger partial charge in [0.25, 0.3) is 0 Å². The van der Waals surface area contributed by atoms with Gasteiger partial charge in [-0.15, -0.1) is 0 Å². The fraction of sp³-hybridized carbons (Fsp3) is 0.214. The van der Waals surface area contributed by atoms with Gasteiger partial charge in [0.15, 0.2) is 0 Å².